The number of sulfone groups is 1. The Bertz CT molecular complexity index is 409. The zero-order chi connectivity index (χ0) is 11.5. The third kappa shape index (κ3) is 4.01. The summed E-state index contributed by atoms with van der Waals surface area (Å²) in [5, 5.41) is 0. The van der Waals surface area contributed by atoms with E-state index < -0.39 is 9.84 Å². The molecule has 1 aromatic rings. The molecule has 0 fully saturated rings. The topological polar surface area (TPSA) is 78.0 Å². The van der Waals surface area contributed by atoms with Gasteiger partial charge in [-0.3, -0.25) is 0 Å². The smallest absolute Gasteiger partial charge is 0.147 e. The third-order valence-electron chi connectivity index (χ3n) is 2.13. The van der Waals surface area contributed by atoms with Gasteiger partial charge in [-0.2, -0.15) is 0 Å². The van der Waals surface area contributed by atoms with Crippen LogP contribution in [0, 0.1) is 0 Å². The molecule has 1 rings (SSSR count). The van der Waals surface area contributed by atoms with E-state index in [-0.39, 0.29) is 11.8 Å². The van der Waals surface area contributed by atoms with E-state index in [0.29, 0.717) is 13.0 Å². The Hall–Kier alpha value is -0.880. The van der Waals surface area contributed by atoms with Crippen LogP contribution in [0.2, 0.25) is 0 Å². The zero-order valence-electron chi connectivity index (χ0n) is 9.05. The quantitative estimate of drug-likeness (QED) is 0.792. The standard InChI is InChI=1S/C9H17N3O2S/c1-8(10)9-6-11-7-12(9)4-3-5-15(2,13)14/h6-8H,3-5,10H2,1-2H3/t8-/m1/s1. The summed E-state index contributed by atoms with van der Waals surface area (Å²) in [6.07, 6.45) is 5.23. The highest BCUT2D eigenvalue weighted by Gasteiger charge is 2.07. The normalized spacial score (nSPS) is 14.1. The molecule has 2 N–H and O–H groups in total. The molecule has 5 nitrogen and oxygen atoms in total. The van der Waals surface area contributed by atoms with E-state index in [4.69, 9.17) is 5.73 Å². The summed E-state index contributed by atoms with van der Waals surface area (Å²) in [5.74, 6) is 0.198. The number of imidazole rings is 1. The average molecular weight is 231 g/mol. The van der Waals surface area contributed by atoms with Gasteiger partial charge in [-0.05, 0) is 13.3 Å². The molecule has 0 saturated carbocycles. The van der Waals surface area contributed by atoms with Crippen LogP contribution in [0.3, 0.4) is 0 Å². The fourth-order valence-electron chi connectivity index (χ4n) is 1.39. The maximum atomic E-state index is 10.9. The number of aryl methyl sites for hydroxylation is 1. The van der Waals surface area contributed by atoms with Gasteiger partial charge < -0.3 is 10.3 Å². The Morgan fingerprint density at radius 2 is 2.27 bits per heavy atom. The summed E-state index contributed by atoms with van der Waals surface area (Å²) in [6.45, 7) is 2.52. The maximum absolute atomic E-state index is 10.9. The molecule has 15 heavy (non-hydrogen) atoms. The highest BCUT2D eigenvalue weighted by atomic mass is 32.2. The molecule has 0 aliphatic heterocycles. The lowest BCUT2D eigenvalue weighted by molar-refractivity contribution is 0.583. The average Bonchev–Trinajstić information content (AvgIpc) is 2.49. The first-order valence-electron chi connectivity index (χ1n) is 4.83. The van der Waals surface area contributed by atoms with Crippen molar-refractivity contribution in [2.45, 2.75) is 25.9 Å². The second-order valence-electron chi connectivity index (χ2n) is 3.78. The molecule has 0 spiro atoms. The Morgan fingerprint density at radius 3 is 2.80 bits per heavy atom. The summed E-state index contributed by atoms with van der Waals surface area (Å²) >= 11 is 0. The summed E-state index contributed by atoms with van der Waals surface area (Å²) in [5.41, 5.74) is 6.67. The van der Waals surface area contributed by atoms with Crippen LogP contribution in [0.5, 0.6) is 0 Å². The zero-order valence-corrected chi connectivity index (χ0v) is 9.87. The monoisotopic (exact) mass is 231 g/mol. The van der Waals surface area contributed by atoms with E-state index in [9.17, 15) is 8.42 Å². The molecule has 0 radical (unpaired) electrons. The van der Waals surface area contributed by atoms with Crippen molar-refractivity contribution in [3.8, 4) is 0 Å². The molecule has 0 aliphatic carbocycles. The highest BCUT2D eigenvalue weighted by molar-refractivity contribution is 7.90. The fourth-order valence-corrected chi connectivity index (χ4v) is 2.05. The van der Waals surface area contributed by atoms with Crippen molar-refractivity contribution in [2.24, 2.45) is 5.73 Å². The van der Waals surface area contributed by atoms with Crippen molar-refractivity contribution in [1.82, 2.24) is 9.55 Å². The number of nitrogens with two attached hydrogens (primary N) is 1. The molecule has 0 saturated heterocycles. The van der Waals surface area contributed by atoms with E-state index >= 15 is 0 Å². The van der Waals surface area contributed by atoms with Crippen LogP contribution >= 0.6 is 0 Å². The van der Waals surface area contributed by atoms with Crippen LogP contribution in [0.25, 0.3) is 0 Å². The first-order chi connectivity index (χ1) is 6.90. The van der Waals surface area contributed by atoms with Gasteiger partial charge in [-0.1, -0.05) is 0 Å². The maximum Gasteiger partial charge on any atom is 0.147 e. The van der Waals surface area contributed by atoms with Crippen LogP contribution < -0.4 is 5.73 Å². The minimum atomic E-state index is -2.88. The van der Waals surface area contributed by atoms with Crippen molar-refractivity contribution in [1.29, 1.82) is 0 Å². The Kier molecular flexibility index (Phi) is 3.87. The van der Waals surface area contributed by atoms with Gasteiger partial charge in [0, 0.05) is 25.0 Å². The van der Waals surface area contributed by atoms with Crippen molar-refractivity contribution in [2.75, 3.05) is 12.0 Å². The third-order valence-corrected chi connectivity index (χ3v) is 3.16. The molecule has 0 aromatic carbocycles. The van der Waals surface area contributed by atoms with Gasteiger partial charge in [-0.25, -0.2) is 13.4 Å². The van der Waals surface area contributed by atoms with Crippen molar-refractivity contribution in [3.05, 3.63) is 18.2 Å². The van der Waals surface area contributed by atoms with Crippen LogP contribution in [0.15, 0.2) is 12.5 Å². The second-order valence-corrected chi connectivity index (χ2v) is 6.04. The molecule has 0 bridgehead atoms. The molecule has 1 atom stereocenters. The molecule has 1 aromatic heterocycles. The second kappa shape index (κ2) is 4.76. The number of nitrogens with zero attached hydrogens (tertiary/aromatic N) is 2. The predicted molar refractivity (Wildman–Crippen MR) is 59.2 cm³/mol. The molecular weight excluding hydrogens is 214 g/mol. The number of hydrogen-bond donors (Lipinski definition) is 1. The van der Waals surface area contributed by atoms with E-state index in [2.05, 4.69) is 4.98 Å². The molecule has 0 amide bonds. The summed E-state index contributed by atoms with van der Waals surface area (Å²) in [6, 6.07) is -0.0780. The summed E-state index contributed by atoms with van der Waals surface area (Å²) in [7, 11) is -2.88. The largest absolute Gasteiger partial charge is 0.333 e. The molecule has 0 unspecified atom stereocenters. The Balaban J connectivity index is 2.54. The number of aromatic nitrogens is 2. The van der Waals surface area contributed by atoms with Crippen LogP contribution in [0.1, 0.15) is 25.1 Å². The molecule has 86 valence electrons. The lowest BCUT2D eigenvalue weighted by Gasteiger charge is -2.09. The Labute approximate surface area is 90.2 Å². The van der Waals surface area contributed by atoms with Crippen LogP contribution in [-0.4, -0.2) is 30.0 Å². The lowest BCUT2D eigenvalue weighted by atomic mass is 10.2. The van der Waals surface area contributed by atoms with Crippen LogP contribution in [0.4, 0.5) is 0 Å². The molecule has 1 heterocycles. The fraction of sp³-hybridized carbons (Fsp3) is 0.667. The number of hydrogen-bond acceptors (Lipinski definition) is 4. The van der Waals surface area contributed by atoms with Gasteiger partial charge in [0.25, 0.3) is 0 Å². The van der Waals surface area contributed by atoms with E-state index in [1.54, 1.807) is 12.5 Å². The van der Waals surface area contributed by atoms with Crippen molar-refractivity contribution in [3.63, 3.8) is 0 Å². The first kappa shape index (κ1) is 12.2. The molecular formula is C9H17N3O2S. The minimum Gasteiger partial charge on any atom is -0.333 e. The van der Waals surface area contributed by atoms with Gasteiger partial charge in [-0.15, -0.1) is 0 Å². The van der Waals surface area contributed by atoms with E-state index in [1.807, 2.05) is 11.5 Å². The highest BCUT2D eigenvalue weighted by Crippen LogP contribution is 2.09. The molecule has 6 heteroatoms. The van der Waals surface area contributed by atoms with E-state index in [1.165, 1.54) is 6.26 Å². The minimum absolute atomic E-state index is 0.0780. The molecule has 0 aliphatic rings. The first-order valence-corrected chi connectivity index (χ1v) is 6.89. The van der Waals surface area contributed by atoms with Crippen molar-refractivity contribution < 1.29 is 8.42 Å². The van der Waals surface area contributed by atoms with Gasteiger partial charge in [0.15, 0.2) is 0 Å². The van der Waals surface area contributed by atoms with Gasteiger partial charge in [0.1, 0.15) is 9.84 Å². The van der Waals surface area contributed by atoms with Crippen molar-refractivity contribution >= 4 is 9.84 Å². The summed E-state index contributed by atoms with van der Waals surface area (Å²) in [4.78, 5) is 3.99. The van der Waals surface area contributed by atoms with E-state index in [0.717, 1.165) is 5.69 Å². The predicted octanol–water partition coefficient (Wildman–Crippen LogP) is 0.338. The van der Waals surface area contributed by atoms with Gasteiger partial charge in [0.2, 0.25) is 0 Å². The van der Waals surface area contributed by atoms with Gasteiger partial charge >= 0.3 is 0 Å². The SMILES string of the molecule is C[C@@H](N)c1cncn1CCCS(C)(=O)=O. The Morgan fingerprint density at radius 1 is 1.60 bits per heavy atom. The summed E-state index contributed by atoms with van der Waals surface area (Å²) < 4.78 is 23.8. The lowest BCUT2D eigenvalue weighted by Crippen LogP contribution is -2.13. The van der Waals surface area contributed by atoms with Crippen LogP contribution in [-0.2, 0) is 16.4 Å². The number of rotatable bonds is 5. The van der Waals surface area contributed by atoms with Gasteiger partial charge in [0.05, 0.1) is 17.8 Å².